The molecule has 0 saturated carbocycles. The zero-order chi connectivity index (χ0) is 18.4. The molecule has 0 radical (unpaired) electrons. The van der Waals surface area contributed by atoms with E-state index >= 15 is 0 Å². The number of benzene rings is 2. The molecule has 0 unspecified atom stereocenters. The molecular weight excluding hydrogens is 382 g/mol. The predicted octanol–water partition coefficient (Wildman–Crippen LogP) is 3.89. The highest BCUT2D eigenvalue weighted by Crippen LogP contribution is 2.44. The Hall–Kier alpha value is -1.98. The fraction of sp³-hybridized carbons (Fsp3) is 0.300. The van der Waals surface area contributed by atoms with Crippen LogP contribution in [0, 0.1) is 13.8 Å². The quantitative estimate of drug-likeness (QED) is 0.790. The molecule has 3 rings (SSSR count). The van der Waals surface area contributed by atoms with Crippen LogP contribution in [0.2, 0.25) is 0 Å². The van der Waals surface area contributed by atoms with Gasteiger partial charge in [-0.1, -0.05) is 39.7 Å². The number of anilines is 1. The Bertz CT molecular complexity index is 877. The standard InChI is InChI=1S/C20H20BrNO3/c1-4-22-17-8-6-14(21)10-16(17)20(25,19(22)24)11-18(23)15-7-5-12(2)9-13(15)3/h5-10,25H,4,11H2,1-3H3/t20-/m0/s1. The second-order valence-corrected chi connectivity index (χ2v) is 7.41. The Balaban J connectivity index is 2.02. The monoisotopic (exact) mass is 401 g/mol. The number of fused-ring (bicyclic) bond motifs is 1. The fourth-order valence-corrected chi connectivity index (χ4v) is 3.82. The highest BCUT2D eigenvalue weighted by atomic mass is 79.9. The molecule has 1 heterocycles. The summed E-state index contributed by atoms with van der Waals surface area (Å²) in [5.41, 5.74) is 1.76. The van der Waals surface area contributed by atoms with Gasteiger partial charge < -0.3 is 10.0 Å². The predicted molar refractivity (Wildman–Crippen MR) is 101 cm³/mol. The summed E-state index contributed by atoms with van der Waals surface area (Å²) in [7, 11) is 0. The number of ketones is 1. The first kappa shape index (κ1) is 17.8. The number of carbonyl (C=O) groups excluding carboxylic acids is 2. The summed E-state index contributed by atoms with van der Waals surface area (Å²) in [6.07, 6.45) is -0.268. The van der Waals surface area contributed by atoms with Crippen molar-refractivity contribution in [3.63, 3.8) is 0 Å². The Morgan fingerprint density at radius 1 is 1.20 bits per heavy atom. The van der Waals surface area contributed by atoms with E-state index in [4.69, 9.17) is 0 Å². The lowest BCUT2D eigenvalue weighted by molar-refractivity contribution is -0.135. The van der Waals surface area contributed by atoms with Crippen LogP contribution in [0.4, 0.5) is 5.69 Å². The Morgan fingerprint density at radius 2 is 1.92 bits per heavy atom. The highest BCUT2D eigenvalue weighted by Gasteiger charge is 2.50. The minimum Gasteiger partial charge on any atom is -0.375 e. The first-order valence-corrected chi connectivity index (χ1v) is 9.02. The molecule has 130 valence electrons. The molecule has 2 aromatic rings. The molecule has 0 bridgehead atoms. The van der Waals surface area contributed by atoms with Crippen LogP contribution < -0.4 is 4.90 Å². The van der Waals surface area contributed by atoms with E-state index < -0.39 is 11.5 Å². The van der Waals surface area contributed by atoms with Gasteiger partial charge >= 0.3 is 0 Å². The number of carbonyl (C=O) groups is 2. The van der Waals surface area contributed by atoms with Gasteiger partial charge in [-0.25, -0.2) is 0 Å². The summed E-state index contributed by atoms with van der Waals surface area (Å²) in [5, 5.41) is 11.2. The summed E-state index contributed by atoms with van der Waals surface area (Å²) >= 11 is 3.38. The third-order valence-corrected chi connectivity index (χ3v) is 5.20. The number of hydrogen-bond donors (Lipinski definition) is 1. The third kappa shape index (κ3) is 2.92. The van der Waals surface area contributed by atoms with Gasteiger partial charge in [0.25, 0.3) is 5.91 Å². The molecular formula is C20H20BrNO3. The zero-order valence-corrected chi connectivity index (χ0v) is 16.1. The number of aryl methyl sites for hydroxylation is 2. The minimum atomic E-state index is -1.83. The van der Waals surface area contributed by atoms with Crippen LogP contribution in [0.3, 0.4) is 0 Å². The van der Waals surface area contributed by atoms with Crippen LogP contribution in [0.25, 0.3) is 0 Å². The molecule has 2 aromatic carbocycles. The molecule has 1 N–H and O–H groups in total. The molecule has 4 nitrogen and oxygen atoms in total. The fourth-order valence-electron chi connectivity index (χ4n) is 3.46. The van der Waals surface area contributed by atoms with E-state index in [2.05, 4.69) is 15.9 Å². The Kier molecular flexibility index (Phi) is 4.56. The lowest BCUT2D eigenvalue weighted by Gasteiger charge is -2.22. The topological polar surface area (TPSA) is 57.6 Å². The molecule has 25 heavy (non-hydrogen) atoms. The van der Waals surface area contributed by atoms with Gasteiger partial charge in [-0.15, -0.1) is 0 Å². The zero-order valence-electron chi connectivity index (χ0n) is 14.5. The highest BCUT2D eigenvalue weighted by molar-refractivity contribution is 9.10. The summed E-state index contributed by atoms with van der Waals surface area (Å²) in [6.45, 7) is 6.11. The van der Waals surface area contributed by atoms with E-state index in [9.17, 15) is 14.7 Å². The van der Waals surface area contributed by atoms with E-state index in [1.807, 2.05) is 39.0 Å². The van der Waals surface area contributed by atoms with Crippen LogP contribution in [-0.4, -0.2) is 23.3 Å². The van der Waals surface area contributed by atoms with E-state index in [0.29, 0.717) is 23.4 Å². The average molecular weight is 402 g/mol. The molecule has 1 aliphatic rings. The van der Waals surface area contributed by atoms with Crippen molar-refractivity contribution in [2.45, 2.75) is 32.8 Å². The molecule has 0 spiro atoms. The summed E-state index contributed by atoms with van der Waals surface area (Å²) in [6, 6.07) is 10.9. The van der Waals surface area contributed by atoms with Gasteiger partial charge in [0.2, 0.25) is 0 Å². The molecule has 1 amide bonds. The largest absolute Gasteiger partial charge is 0.375 e. The van der Waals surface area contributed by atoms with Crippen LogP contribution in [0.15, 0.2) is 40.9 Å². The molecule has 0 aliphatic carbocycles. The van der Waals surface area contributed by atoms with Crippen molar-refractivity contribution in [2.75, 3.05) is 11.4 Å². The van der Waals surface area contributed by atoms with E-state index in [-0.39, 0.29) is 12.2 Å². The summed E-state index contributed by atoms with van der Waals surface area (Å²) < 4.78 is 0.759. The maximum absolute atomic E-state index is 12.8. The molecule has 0 saturated heterocycles. The van der Waals surface area contributed by atoms with Crippen LogP contribution in [0.1, 0.15) is 40.4 Å². The van der Waals surface area contributed by atoms with Gasteiger partial charge in [0, 0.05) is 22.1 Å². The smallest absolute Gasteiger partial charge is 0.264 e. The number of hydrogen-bond acceptors (Lipinski definition) is 3. The average Bonchev–Trinajstić information content (AvgIpc) is 2.75. The number of rotatable bonds is 4. The van der Waals surface area contributed by atoms with Gasteiger partial charge in [0.1, 0.15) is 0 Å². The van der Waals surface area contributed by atoms with Gasteiger partial charge in [-0.2, -0.15) is 0 Å². The SMILES string of the molecule is CCN1C(=O)[C@](O)(CC(=O)c2ccc(C)cc2C)c2cc(Br)ccc21. The maximum Gasteiger partial charge on any atom is 0.264 e. The summed E-state index contributed by atoms with van der Waals surface area (Å²) in [5.74, 6) is -0.682. The van der Waals surface area contributed by atoms with Crippen LogP contribution >= 0.6 is 15.9 Å². The second-order valence-electron chi connectivity index (χ2n) is 6.49. The van der Waals surface area contributed by atoms with Crippen LogP contribution in [-0.2, 0) is 10.4 Å². The van der Waals surface area contributed by atoms with Crippen LogP contribution in [0.5, 0.6) is 0 Å². The number of aliphatic hydroxyl groups is 1. The lowest BCUT2D eigenvalue weighted by atomic mass is 9.87. The number of amides is 1. The van der Waals surface area contributed by atoms with Gasteiger partial charge in [-0.3, -0.25) is 9.59 Å². The van der Waals surface area contributed by atoms with Crippen molar-refractivity contribution in [3.8, 4) is 0 Å². The number of nitrogens with zero attached hydrogens (tertiary/aromatic N) is 1. The van der Waals surface area contributed by atoms with E-state index in [1.165, 1.54) is 4.90 Å². The Labute approximate surface area is 155 Å². The molecule has 0 aromatic heterocycles. The van der Waals surface area contributed by atoms with E-state index in [0.717, 1.165) is 15.6 Å². The molecule has 0 fully saturated rings. The molecule has 1 aliphatic heterocycles. The van der Waals surface area contributed by atoms with Crippen molar-refractivity contribution in [3.05, 3.63) is 63.1 Å². The number of Topliss-reactive ketones (excluding diaryl/α,β-unsaturated/α-hetero) is 1. The van der Waals surface area contributed by atoms with Gasteiger partial charge in [0.15, 0.2) is 11.4 Å². The van der Waals surface area contributed by atoms with Crippen molar-refractivity contribution < 1.29 is 14.7 Å². The first-order chi connectivity index (χ1) is 11.8. The summed E-state index contributed by atoms with van der Waals surface area (Å²) in [4.78, 5) is 27.2. The normalized spacial score (nSPS) is 19.2. The van der Waals surface area contributed by atoms with E-state index in [1.54, 1.807) is 18.2 Å². The first-order valence-electron chi connectivity index (χ1n) is 8.22. The van der Waals surface area contributed by atoms with Crippen molar-refractivity contribution in [1.82, 2.24) is 0 Å². The van der Waals surface area contributed by atoms with Gasteiger partial charge in [0.05, 0.1) is 12.1 Å². The van der Waals surface area contributed by atoms with Gasteiger partial charge in [-0.05, 0) is 44.5 Å². The molecule has 5 heteroatoms. The van der Waals surface area contributed by atoms with Crippen molar-refractivity contribution in [2.24, 2.45) is 0 Å². The third-order valence-electron chi connectivity index (χ3n) is 4.71. The lowest BCUT2D eigenvalue weighted by Crippen LogP contribution is -2.41. The number of likely N-dealkylation sites (N-methyl/N-ethyl adjacent to an activating group) is 1. The van der Waals surface area contributed by atoms with Crippen molar-refractivity contribution >= 4 is 33.3 Å². The van der Waals surface area contributed by atoms with Crippen molar-refractivity contribution in [1.29, 1.82) is 0 Å². The molecule has 1 atom stereocenters. The maximum atomic E-state index is 12.8. The minimum absolute atomic E-state index is 0.239. The Morgan fingerprint density at radius 3 is 2.56 bits per heavy atom. The number of halogens is 1. The second kappa shape index (κ2) is 6.39.